The Balaban J connectivity index is 2.07. The molecule has 1 aromatic rings. The van der Waals surface area contributed by atoms with Crippen molar-refractivity contribution in [2.75, 3.05) is 18.4 Å². The molecule has 5 amide bonds. The number of amides is 5. The number of Topliss-reactive ketones (excluding diaryl/α,β-unsaturated/α-hetero) is 1. The average Bonchev–Trinajstić information content (AvgIpc) is 2.79. The number of rotatable bonds is 7. The van der Waals surface area contributed by atoms with E-state index in [-0.39, 0.29) is 23.9 Å². The molecule has 138 valence electrons. The maximum atomic E-state index is 12.4. The van der Waals surface area contributed by atoms with Gasteiger partial charge in [-0.15, -0.1) is 0 Å². The molecule has 0 spiro atoms. The second kappa shape index (κ2) is 7.90. The third kappa shape index (κ3) is 4.14. The molecule has 0 aliphatic carbocycles. The molecule has 1 heterocycles. The number of nitrogens with zero attached hydrogens (tertiary/aromatic N) is 2. The third-order valence-electron chi connectivity index (χ3n) is 3.80. The predicted octanol–water partition coefficient (Wildman–Crippen LogP) is 1.66. The normalized spacial score (nSPS) is 14.4. The van der Waals surface area contributed by atoms with Gasteiger partial charge in [0.15, 0.2) is 5.78 Å². The summed E-state index contributed by atoms with van der Waals surface area (Å²) in [5.74, 6) is -2.51. The third-order valence-corrected chi connectivity index (χ3v) is 3.80. The van der Waals surface area contributed by atoms with E-state index in [0.717, 1.165) is 4.90 Å². The summed E-state index contributed by atoms with van der Waals surface area (Å²) in [5, 5.41) is 2.65. The summed E-state index contributed by atoms with van der Waals surface area (Å²) >= 11 is 0. The van der Waals surface area contributed by atoms with Gasteiger partial charge in [-0.1, -0.05) is 20.8 Å². The van der Waals surface area contributed by atoms with Gasteiger partial charge in [0, 0.05) is 24.2 Å². The number of carbonyl (C=O) groups is 5. The van der Waals surface area contributed by atoms with E-state index in [1.165, 1.54) is 12.1 Å². The molecule has 1 fully saturated rings. The number of urea groups is 1. The van der Waals surface area contributed by atoms with E-state index in [1.807, 2.05) is 13.8 Å². The molecule has 0 saturated carbocycles. The molecule has 1 saturated heterocycles. The van der Waals surface area contributed by atoms with Gasteiger partial charge in [0.05, 0.1) is 6.54 Å². The lowest BCUT2D eigenvalue weighted by atomic mass is 10.1. The number of carbonyl (C=O) groups excluding carboxylic acids is 5. The minimum Gasteiger partial charge on any atom is -0.326 e. The van der Waals surface area contributed by atoms with Gasteiger partial charge in [0.2, 0.25) is 5.91 Å². The van der Waals surface area contributed by atoms with E-state index < -0.39 is 30.2 Å². The first-order chi connectivity index (χ1) is 12.2. The number of anilines is 1. The monoisotopic (exact) mass is 359 g/mol. The summed E-state index contributed by atoms with van der Waals surface area (Å²) in [7, 11) is 0. The molecule has 8 nitrogen and oxygen atoms in total. The molecule has 0 aromatic heterocycles. The van der Waals surface area contributed by atoms with Gasteiger partial charge in [-0.3, -0.25) is 24.1 Å². The van der Waals surface area contributed by atoms with Crippen LogP contribution in [0.3, 0.4) is 0 Å². The standard InChI is InChI=1S/C18H21N3O5/c1-4-15(23)19-13-7-5-12(6-8-13)14(22)10-21-17(25)16(24)20(18(21)26)9-11(2)3/h5-8,11H,4,9-10H2,1-3H3,(H,19,23). The van der Waals surface area contributed by atoms with Gasteiger partial charge in [0.25, 0.3) is 0 Å². The lowest BCUT2D eigenvalue weighted by molar-refractivity contribution is -0.143. The molecule has 8 heteroatoms. The molecule has 0 unspecified atom stereocenters. The Morgan fingerprint density at radius 3 is 2.12 bits per heavy atom. The number of hydrogen-bond donors (Lipinski definition) is 1. The summed E-state index contributed by atoms with van der Waals surface area (Å²) in [4.78, 5) is 61.4. The van der Waals surface area contributed by atoms with Crippen molar-refractivity contribution in [3.05, 3.63) is 29.8 Å². The largest absolute Gasteiger partial charge is 0.334 e. The fourth-order valence-corrected chi connectivity index (χ4v) is 2.44. The smallest absolute Gasteiger partial charge is 0.326 e. The Labute approximate surface area is 151 Å². The van der Waals surface area contributed by atoms with Crippen LogP contribution < -0.4 is 5.32 Å². The van der Waals surface area contributed by atoms with Gasteiger partial charge in [-0.25, -0.2) is 9.69 Å². The fraction of sp³-hybridized carbons (Fsp3) is 0.389. The highest BCUT2D eigenvalue weighted by atomic mass is 16.2. The molecule has 26 heavy (non-hydrogen) atoms. The van der Waals surface area contributed by atoms with Crippen LogP contribution in [0.15, 0.2) is 24.3 Å². The van der Waals surface area contributed by atoms with Crippen molar-refractivity contribution in [3.63, 3.8) is 0 Å². The Hall–Kier alpha value is -3.03. The highest BCUT2D eigenvalue weighted by Crippen LogP contribution is 2.16. The van der Waals surface area contributed by atoms with Crippen molar-refractivity contribution in [2.45, 2.75) is 27.2 Å². The SMILES string of the molecule is CCC(=O)Nc1ccc(C(=O)CN2C(=O)C(=O)N(CC(C)C)C2=O)cc1. The minimum absolute atomic E-state index is 0.0113. The van der Waals surface area contributed by atoms with Crippen LogP contribution in [-0.4, -0.2) is 52.4 Å². The number of ketones is 1. The van der Waals surface area contributed by atoms with Crippen molar-refractivity contribution in [1.82, 2.24) is 9.80 Å². The van der Waals surface area contributed by atoms with Gasteiger partial charge in [0.1, 0.15) is 0 Å². The number of benzene rings is 1. The summed E-state index contributed by atoms with van der Waals surface area (Å²) in [6.07, 6.45) is 0.334. The van der Waals surface area contributed by atoms with Crippen molar-refractivity contribution in [2.24, 2.45) is 5.92 Å². The molecular weight excluding hydrogens is 338 g/mol. The highest BCUT2D eigenvalue weighted by Gasteiger charge is 2.45. The summed E-state index contributed by atoms with van der Waals surface area (Å²) < 4.78 is 0. The van der Waals surface area contributed by atoms with Crippen LogP contribution in [0, 0.1) is 5.92 Å². The number of nitrogens with one attached hydrogen (secondary N) is 1. The zero-order valence-corrected chi connectivity index (χ0v) is 14.9. The van der Waals surface area contributed by atoms with E-state index >= 15 is 0 Å². The second-order valence-corrected chi connectivity index (χ2v) is 6.39. The Morgan fingerprint density at radius 1 is 1.00 bits per heavy atom. The molecule has 0 radical (unpaired) electrons. The topological polar surface area (TPSA) is 104 Å². The molecule has 0 bridgehead atoms. The summed E-state index contributed by atoms with van der Waals surface area (Å²) in [5.41, 5.74) is 0.815. The first kappa shape index (κ1) is 19.3. The summed E-state index contributed by atoms with van der Waals surface area (Å²) in [6, 6.07) is 5.34. The van der Waals surface area contributed by atoms with Crippen LogP contribution in [0.5, 0.6) is 0 Å². The quantitative estimate of drug-likeness (QED) is 0.453. The van der Waals surface area contributed by atoms with E-state index in [1.54, 1.807) is 19.1 Å². The second-order valence-electron chi connectivity index (χ2n) is 6.39. The fourth-order valence-electron chi connectivity index (χ4n) is 2.44. The highest BCUT2D eigenvalue weighted by molar-refractivity contribution is 6.45. The lowest BCUT2D eigenvalue weighted by Gasteiger charge is -2.16. The van der Waals surface area contributed by atoms with Crippen molar-refractivity contribution < 1.29 is 24.0 Å². The minimum atomic E-state index is -0.990. The first-order valence-electron chi connectivity index (χ1n) is 8.35. The molecule has 1 aliphatic rings. The molecule has 1 aromatic carbocycles. The van der Waals surface area contributed by atoms with Crippen molar-refractivity contribution in [1.29, 1.82) is 0 Å². The van der Waals surface area contributed by atoms with Crippen molar-refractivity contribution >= 4 is 35.2 Å². The predicted molar refractivity (Wildman–Crippen MR) is 93.4 cm³/mol. The molecule has 2 rings (SSSR count). The van der Waals surface area contributed by atoms with Crippen molar-refractivity contribution in [3.8, 4) is 0 Å². The molecule has 0 atom stereocenters. The Kier molecular flexibility index (Phi) is 5.86. The van der Waals surface area contributed by atoms with Crippen LogP contribution >= 0.6 is 0 Å². The zero-order chi connectivity index (χ0) is 19.4. The van der Waals surface area contributed by atoms with Crippen LogP contribution in [-0.2, 0) is 14.4 Å². The van der Waals surface area contributed by atoms with E-state index in [9.17, 15) is 24.0 Å². The van der Waals surface area contributed by atoms with E-state index in [0.29, 0.717) is 17.0 Å². The number of imide groups is 2. The van der Waals surface area contributed by atoms with Gasteiger partial charge >= 0.3 is 17.8 Å². The average molecular weight is 359 g/mol. The van der Waals surface area contributed by atoms with Gasteiger partial charge < -0.3 is 5.32 Å². The zero-order valence-electron chi connectivity index (χ0n) is 14.9. The maximum Gasteiger partial charge on any atom is 0.334 e. The van der Waals surface area contributed by atoms with Gasteiger partial charge in [-0.05, 0) is 30.2 Å². The number of hydrogen-bond acceptors (Lipinski definition) is 5. The molecule has 1 N–H and O–H groups in total. The summed E-state index contributed by atoms with van der Waals surface area (Å²) in [6.45, 7) is 4.98. The van der Waals surface area contributed by atoms with Crippen LogP contribution in [0.4, 0.5) is 10.5 Å². The van der Waals surface area contributed by atoms with Crippen LogP contribution in [0.2, 0.25) is 0 Å². The molecule has 1 aliphatic heterocycles. The van der Waals surface area contributed by atoms with Gasteiger partial charge in [-0.2, -0.15) is 0 Å². The first-order valence-corrected chi connectivity index (χ1v) is 8.35. The van der Waals surface area contributed by atoms with Crippen LogP contribution in [0.1, 0.15) is 37.6 Å². The molecular formula is C18H21N3O5. The van der Waals surface area contributed by atoms with E-state index in [4.69, 9.17) is 0 Å². The lowest BCUT2D eigenvalue weighted by Crippen LogP contribution is -2.38. The van der Waals surface area contributed by atoms with Crippen LogP contribution in [0.25, 0.3) is 0 Å². The Morgan fingerprint density at radius 2 is 1.58 bits per heavy atom. The Bertz CT molecular complexity index is 755. The van der Waals surface area contributed by atoms with E-state index in [2.05, 4.69) is 5.32 Å². The maximum absolute atomic E-state index is 12.4.